The van der Waals surface area contributed by atoms with Crippen molar-refractivity contribution in [3.05, 3.63) is 35.4 Å². The zero-order valence-corrected chi connectivity index (χ0v) is 10.2. The van der Waals surface area contributed by atoms with Crippen LogP contribution in [0.2, 0.25) is 0 Å². The molecule has 3 N–H and O–H groups in total. The maximum Gasteiger partial charge on any atom is 0.318 e. The van der Waals surface area contributed by atoms with Crippen molar-refractivity contribution in [1.82, 2.24) is 0 Å². The van der Waals surface area contributed by atoms with E-state index < -0.39 is 17.9 Å². The third-order valence-electron chi connectivity index (χ3n) is 3.30. The normalized spacial score (nSPS) is 13.8. The smallest absolute Gasteiger partial charge is 0.318 e. The Morgan fingerprint density at radius 1 is 1.21 bits per heavy atom. The number of carboxylic acid groups (broad SMARTS) is 2. The fraction of sp³-hybridized carbons (Fsp3) is 0.286. The molecule has 1 aliphatic rings. The third kappa shape index (κ3) is 2.59. The van der Waals surface area contributed by atoms with Crippen molar-refractivity contribution in [2.45, 2.75) is 19.3 Å². The highest BCUT2D eigenvalue weighted by atomic mass is 16.4. The Bertz CT molecular complexity index is 545. The summed E-state index contributed by atoms with van der Waals surface area (Å²) in [4.78, 5) is 21.9. The summed E-state index contributed by atoms with van der Waals surface area (Å²) in [6.45, 7) is 0. The number of carboxylic acids is 2. The van der Waals surface area contributed by atoms with Crippen LogP contribution in [0, 0.1) is 5.92 Å². The number of hydrogen-bond acceptors (Lipinski definition) is 3. The number of phenolic OH excluding ortho intramolecular Hbond substituents is 1. The SMILES string of the molecule is O=C(O)C(CC1=CCCc2c(O)cccc21)C(=O)O. The average Bonchev–Trinajstić information content (AvgIpc) is 2.36. The van der Waals surface area contributed by atoms with Gasteiger partial charge < -0.3 is 15.3 Å². The van der Waals surface area contributed by atoms with Gasteiger partial charge in [-0.3, -0.25) is 9.59 Å². The molecule has 0 heterocycles. The Morgan fingerprint density at radius 2 is 1.89 bits per heavy atom. The van der Waals surface area contributed by atoms with E-state index in [9.17, 15) is 14.7 Å². The minimum absolute atomic E-state index is 0.0683. The Kier molecular flexibility index (Phi) is 3.55. The number of aliphatic carboxylic acids is 2. The Hall–Kier alpha value is -2.30. The van der Waals surface area contributed by atoms with Gasteiger partial charge in [-0.2, -0.15) is 0 Å². The van der Waals surface area contributed by atoms with Gasteiger partial charge >= 0.3 is 11.9 Å². The lowest BCUT2D eigenvalue weighted by atomic mass is 9.85. The van der Waals surface area contributed by atoms with E-state index in [0.717, 1.165) is 11.1 Å². The van der Waals surface area contributed by atoms with E-state index in [2.05, 4.69) is 0 Å². The number of carbonyl (C=O) groups is 2. The van der Waals surface area contributed by atoms with Crippen LogP contribution in [0.25, 0.3) is 5.57 Å². The van der Waals surface area contributed by atoms with E-state index >= 15 is 0 Å². The van der Waals surface area contributed by atoms with Crippen LogP contribution >= 0.6 is 0 Å². The van der Waals surface area contributed by atoms with Crippen LogP contribution in [-0.2, 0) is 16.0 Å². The highest BCUT2D eigenvalue weighted by Gasteiger charge is 2.28. The molecule has 0 unspecified atom stereocenters. The minimum atomic E-state index is -1.46. The largest absolute Gasteiger partial charge is 0.508 e. The summed E-state index contributed by atoms with van der Waals surface area (Å²) in [5.41, 5.74) is 2.18. The van der Waals surface area contributed by atoms with Gasteiger partial charge in [0.15, 0.2) is 5.92 Å². The Morgan fingerprint density at radius 3 is 2.53 bits per heavy atom. The zero-order valence-electron chi connectivity index (χ0n) is 10.2. The first kappa shape index (κ1) is 13.1. The van der Waals surface area contributed by atoms with Gasteiger partial charge in [0.25, 0.3) is 0 Å². The van der Waals surface area contributed by atoms with Crippen LogP contribution in [0.5, 0.6) is 5.75 Å². The first-order chi connectivity index (χ1) is 9.00. The van der Waals surface area contributed by atoms with E-state index in [1.54, 1.807) is 18.2 Å². The number of phenols is 1. The zero-order chi connectivity index (χ0) is 14.0. The molecule has 0 saturated carbocycles. The van der Waals surface area contributed by atoms with E-state index in [4.69, 9.17) is 10.2 Å². The van der Waals surface area contributed by atoms with Gasteiger partial charge in [-0.15, -0.1) is 0 Å². The molecule has 0 radical (unpaired) electrons. The molecule has 0 aliphatic heterocycles. The first-order valence-electron chi connectivity index (χ1n) is 5.96. The lowest BCUT2D eigenvalue weighted by Gasteiger charge is -2.20. The highest BCUT2D eigenvalue weighted by molar-refractivity contribution is 5.95. The van der Waals surface area contributed by atoms with Crippen LogP contribution in [0.15, 0.2) is 24.3 Å². The van der Waals surface area contributed by atoms with Crippen LogP contribution < -0.4 is 0 Å². The quantitative estimate of drug-likeness (QED) is 0.720. The lowest BCUT2D eigenvalue weighted by molar-refractivity contribution is -0.154. The van der Waals surface area contributed by atoms with Gasteiger partial charge in [0.1, 0.15) is 5.75 Å². The molecule has 0 atom stereocenters. The monoisotopic (exact) mass is 262 g/mol. The predicted molar refractivity (Wildman–Crippen MR) is 67.8 cm³/mol. The predicted octanol–water partition coefficient (Wildman–Crippen LogP) is 1.90. The molecule has 0 spiro atoms. The molecule has 0 amide bonds. The second-order valence-electron chi connectivity index (χ2n) is 4.50. The maximum absolute atomic E-state index is 10.9. The highest BCUT2D eigenvalue weighted by Crippen LogP contribution is 2.35. The lowest BCUT2D eigenvalue weighted by Crippen LogP contribution is -2.24. The summed E-state index contributed by atoms with van der Waals surface area (Å²) in [5.74, 6) is -3.98. The summed E-state index contributed by atoms with van der Waals surface area (Å²) >= 11 is 0. The van der Waals surface area contributed by atoms with Crippen molar-refractivity contribution < 1.29 is 24.9 Å². The fourth-order valence-corrected chi connectivity index (χ4v) is 2.33. The molecule has 1 aliphatic carbocycles. The number of allylic oxidation sites excluding steroid dienone is 2. The second-order valence-corrected chi connectivity index (χ2v) is 4.50. The summed E-state index contributed by atoms with van der Waals surface area (Å²) in [6, 6.07) is 5.03. The van der Waals surface area contributed by atoms with Crippen molar-refractivity contribution in [2.75, 3.05) is 0 Å². The topological polar surface area (TPSA) is 94.8 Å². The maximum atomic E-state index is 10.9. The van der Waals surface area contributed by atoms with Gasteiger partial charge in [-0.25, -0.2) is 0 Å². The summed E-state index contributed by atoms with van der Waals surface area (Å²) in [7, 11) is 0. The molecule has 100 valence electrons. The van der Waals surface area contributed by atoms with Gasteiger partial charge in [0.2, 0.25) is 0 Å². The molecular formula is C14H14O5. The van der Waals surface area contributed by atoms with Crippen LogP contribution in [-0.4, -0.2) is 27.3 Å². The number of rotatable bonds is 4. The Balaban J connectivity index is 2.33. The molecule has 0 saturated heterocycles. The van der Waals surface area contributed by atoms with Gasteiger partial charge in [-0.05, 0) is 36.5 Å². The molecule has 1 aromatic carbocycles. The van der Waals surface area contributed by atoms with E-state index in [-0.39, 0.29) is 12.2 Å². The molecule has 19 heavy (non-hydrogen) atoms. The molecule has 0 bridgehead atoms. The molecule has 5 heteroatoms. The van der Waals surface area contributed by atoms with E-state index in [0.29, 0.717) is 18.4 Å². The molecule has 0 aromatic heterocycles. The van der Waals surface area contributed by atoms with Crippen molar-refractivity contribution in [2.24, 2.45) is 5.92 Å². The summed E-state index contributed by atoms with van der Waals surface area (Å²) in [5, 5.41) is 27.6. The summed E-state index contributed by atoms with van der Waals surface area (Å²) < 4.78 is 0. The Labute approximate surface area is 109 Å². The second kappa shape index (κ2) is 5.14. The number of benzene rings is 1. The third-order valence-corrected chi connectivity index (χ3v) is 3.30. The van der Waals surface area contributed by atoms with Crippen molar-refractivity contribution in [3.8, 4) is 5.75 Å². The number of fused-ring (bicyclic) bond motifs is 1. The standard InChI is InChI=1S/C14H14O5/c15-12-6-2-4-9-8(3-1-5-10(9)12)7-11(13(16)17)14(18)19/h2-4,6,11,15H,1,5,7H2,(H,16,17)(H,18,19). The van der Waals surface area contributed by atoms with Crippen LogP contribution in [0.4, 0.5) is 0 Å². The van der Waals surface area contributed by atoms with Gasteiger partial charge in [-0.1, -0.05) is 18.2 Å². The molecule has 2 rings (SSSR count). The van der Waals surface area contributed by atoms with Crippen molar-refractivity contribution >= 4 is 17.5 Å². The van der Waals surface area contributed by atoms with Crippen LogP contribution in [0.1, 0.15) is 24.0 Å². The van der Waals surface area contributed by atoms with Crippen molar-refractivity contribution in [1.29, 1.82) is 0 Å². The van der Waals surface area contributed by atoms with E-state index in [1.807, 2.05) is 6.08 Å². The van der Waals surface area contributed by atoms with Crippen molar-refractivity contribution in [3.63, 3.8) is 0 Å². The van der Waals surface area contributed by atoms with E-state index in [1.165, 1.54) is 0 Å². The molecule has 5 nitrogen and oxygen atoms in total. The van der Waals surface area contributed by atoms with Gasteiger partial charge in [0, 0.05) is 5.56 Å². The van der Waals surface area contributed by atoms with Gasteiger partial charge in [0.05, 0.1) is 0 Å². The minimum Gasteiger partial charge on any atom is -0.508 e. The average molecular weight is 262 g/mol. The molecule has 1 aromatic rings. The van der Waals surface area contributed by atoms with Crippen LogP contribution in [0.3, 0.4) is 0 Å². The number of aromatic hydroxyl groups is 1. The molecule has 0 fully saturated rings. The fourth-order valence-electron chi connectivity index (χ4n) is 2.33. The first-order valence-corrected chi connectivity index (χ1v) is 5.96. The number of hydrogen-bond donors (Lipinski definition) is 3. The summed E-state index contributed by atoms with van der Waals surface area (Å²) in [6.07, 6.45) is 3.13. The molecular weight excluding hydrogens is 248 g/mol.